The van der Waals surface area contributed by atoms with Gasteiger partial charge in [0.1, 0.15) is 63.5 Å². The van der Waals surface area contributed by atoms with E-state index in [9.17, 15) is 5.11 Å². The molecule has 7 nitrogen and oxygen atoms in total. The van der Waals surface area contributed by atoms with Crippen LogP contribution in [-0.4, -0.2) is 89.1 Å². The number of quaternary nitrogens is 2. The van der Waals surface area contributed by atoms with Crippen LogP contribution in [0.3, 0.4) is 0 Å². The molecule has 1 atom stereocenters. The molecule has 0 unspecified atom stereocenters. The van der Waals surface area contributed by atoms with Crippen LogP contribution in [0.5, 0.6) is 11.5 Å². The predicted octanol–water partition coefficient (Wildman–Crippen LogP) is -2.77. The first-order valence-corrected chi connectivity index (χ1v) is 9.02. The molecule has 0 saturated carbocycles. The van der Waals surface area contributed by atoms with Gasteiger partial charge in [-0.3, -0.25) is 0 Å². The zero-order valence-electron chi connectivity index (χ0n) is 15.1. The van der Waals surface area contributed by atoms with Gasteiger partial charge < -0.3 is 34.2 Å². The van der Waals surface area contributed by atoms with Gasteiger partial charge >= 0.3 is 0 Å². The van der Waals surface area contributed by atoms with E-state index < -0.39 is 6.10 Å². The van der Waals surface area contributed by atoms with Crippen LogP contribution in [0.25, 0.3) is 0 Å². The van der Waals surface area contributed by atoms with Gasteiger partial charge in [0.2, 0.25) is 0 Å². The number of aliphatic hydroxyl groups excluding tert-OH is 2. The molecule has 0 bridgehead atoms. The molecule has 4 N–H and O–H groups in total. The Morgan fingerprint density at radius 1 is 1.08 bits per heavy atom. The van der Waals surface area contributed by atoms with Crippen molar-refractivity contribution in [2.75, 3.05) is 72.8 Å². The molecule has 0 aliphatic carbocycles. The summed E-state index contributed by atoms with van der Waals surface area (Å²) >= 11 is 0. The number of nitrogens with one attached hydrogen (secondary N) is 2. The van der Waals surface area contributed by atoms with Crippen molar-refractivity contribution in [1.82, 2.24) is 0 Å². The summed E-state index contributed by atoms with van der Waals surface area (Å²) in [6.45, 7) is 7.17. The van der Waals surface area contributed by atoms with E-state index in [0.29, 0.717) is 26.4 Å². The van der Waals surface area contributed by atoms with Gasteiger partial charge in [-0.1, -0.05) is 6.07 Å². The van der Waals surface area contributed by atoms with Crippen LogP contribution >= 0.6 is 0 Å². The second kappa shape index (κ2) is 11.3. The Labute approximate surface area is 149 Å². The number of hydrogen-bond acceptors (Lipinski definition) is 5. The van der Waals surface area contributed by atoms with Gasteiger partial charge in [0, 0.05) is 6.07 Å². The second-order valence-electron chi connectivity index (χ2n) is 6.43. The Morgan fingerprint density at radius 2 is 1.80 bits per heavy atom. The molecule has 0 radical (unpaired) electrons. The highest BCUT2D eigenvalue weighted by molar-refractivity contribution is 5.32. The minimum Gasteiger partial charge on any atom is -0.497 e. The first-order chi connectivity index (χ1) is 12.2. The number of methoxy groups -OCH3 is 1. The van der Waals surface area contributed by atoms with Crippen LogP contribution in [0.4, 0.5) is 0 Å². The van der Waals surface area contributed by atoms with Crippen LogP contribution in [0.1, 0.15) is 0 Å². The van der Waals surface area contributed by atoms with E-state index >= 15 is 0 Å². The fraction of sp³-hybridized carbons (Fsp3) is 0.667. The lowest BCUT2D eigenvalue weighted by atomic mass is 10.2. The highest BCUT2D eigenvalue weighted by Crippen LogP contribution is 2.18. The van der Waals surface area contributed by atoms with Gasteiger partial charge in [0.05, 0.1) is 26.9 Å². The number of piperazine rings is 1. The largest absolute Gasteiger partial charge is 0.497 e. The van der Waals surface area contributed by atoms with Crippen molar-refractivity contribution in [2.45, 2.75) is 6.10 Å². The molecule has 1 fully saturated rings. The topological polar surface area (TPSA) is 77.0 Å². The Bertz CT molecular complexity index is 480. The number of ether oxygens (including phenoxy) is 3. The molecule has 2 rings (SSSR count). The van der Waals surface area contributed by atoms with Gasteiger partial charge in [-0.05, 0) is 12.1 Å². The molecule has 1 aliphatic rings. The van der Waals surface area contributed by atoms with Crippen LogP contribution in [-0.2, 0) is 4.74 Å². The molecule has 1 aromatic rings. The van der Waals surface area contributed by atoms with Gasteiger partial charge in [-0.15, -0.1) is 0 Å². The molecule has 0 amide bonds. The number of rotatable bonds is 11. The fourth-order valence-corrected chi connectivity index (χ4v) is 3.09. The van der Waals surface area contributed by atoms with E-state index in [4.69, 9.17) is 19.3 Å². The van der Waals surface area contributed by atoms with Gasteiger partial charge in [-0.2, -0.15) is 0 Å². The minimum atomic E-state index is -0.453. The van der Waals surface area contributed by atoms with Crippen molar-refractivity contribution in [1.29, 1.82) is 0 Å². The highest BCUT2D eigenvalue weighted by atomic mass is 16.5. The number of hydrogen-bond donors (Lipinski definition) is 4. The van der Waals surface area contributed by atoms with Gasteiger partial charge in [0.15, 0.2) is 0 Å². The van der Waals surface area contributed by atoms with Gasteiger partial charge in [0.25, 0.3) is 0 Å². The van der Waals surface area contributed by atoms with Crippen LogP contribution < -0.4 is 19.3 Å². The van der Waals surface area contributed by atoms with E-state index in [1.165, 1.54) is 9.80 Å². The lowest BCUT2D eigenvalue weighted by Gasteiger charge is -2.30. The Morgan fingerprint density at radius 3 is 2.52 bits per heavy atom. The molecule has 1 saturated heterocycles. The zero-order valence-corrected chi connectivity index (χ0v) is 15.1. The quantitative estimate of drug-likeness (QED) is 0.323. The monoisotopic (exact) mass is 356 g/mol. The molecule has 7 heteroatoms. The summed E-state index contributed by atoms with van der Waals surface area (Å²) in [4.78, 5) is 2.86. The maximum atomic E-state index is 10.1. The number of benzene rings is 1. The number of aliphatic hydroxyl groups is 2. The Hall–Kier alpha value is -1.38. The minimum absolute atomic E-state index is 0.249. The highest BCUT2D eigenvalue weighted by Gasteiger charge is 2.24. The van der Waals surface area contributed by atoms with Crippen molar-refractivity contribution >= 4 is 0 Å². The fourth-order valence-electron chi connectivity index (χ4n) is 3.09. The molecule has 142 valence electrons. The van der Waals surface area contributed by atoms with Crippen molar-refractivity contribution in [3.05, 3.63) is 24.3 Å². The summed E-state index contributed by atoms with van der Waals surface area (Å²) in [6.07, 6.45) is -0.453. The Balaban J connectivity index is 1.53. The summed E-state index contributed by atoms with van der Waals surface area (Å²) in [5, 5.41) is 19.1. The summed E-state index contributed by atoms with van der Waals surface area (Å²) in [7, 11) is 1.62. The molecular formula is C18H32N2O5+2. The van der Waals surface area contributed by atoms with Crippen LogP contribution in [0, 0.1) is 0 Å². The van der Waals surface area contributed by atoms with E-state index in [-0.39, 0.29) is 6.61 Å². The molecule has 0 spiro atoms. The SMILES string of the molecule is COc1cccc(OCCOC[C@H](O)C[NH+]2CC[NH+](CCO)CC2)c1. The second-order valence-corrected chi connectivity index (χ2v) is 6.43. The van der Waals surface area contributed by atoms with Crippen LogP contribution in [0.2, 0.25) is 0 Å². The smallest absolute Gasteiger partial charge is 0.127 e. The predicted molar refractivity (Wildman–Crippen MR) is 93.5 cm³/mol. The first-order valence-electron chi connectivity index (χ1n) is 9.02. The molecule has 0 aromatic heterocycles. The average Bonchev–Trinajstić information content (AvgIpc) is 2.63. The van der Waals surface area contributed by atoms with Crippen LogP contribution in [0.15, 0.2) is 24.3 Å². The third kappa shape index (κ3) is 7.58. The van der Waals surface area contributed by atoms with E-state index in [1.807, 2.05) is 24.3 Å². The standard InChI is InChI=1S/C18H30N2O5/c1-23-17-3-2-4-18(13-17)25-12-11-24-15-16(22)14-20-7-5-19(6-8-20)9-10-21/h2-4,13,16,21-22H,5-12,14-15H2,1H3/p+2/t16-/m1/s1. The van der Waals surface area contributed by atoms with Crippen molar-refractivity contribution in [3.8, 4) is 11.5 Å². The van der Waals surface area contributed by atoms with Crippen molar-refractivity contribution in [2.24, 2.45) is 0 Å². The summed E-state index contributed by atoms with van der Waals surface area (Å²) in [6, 6.07) is 7.45. The summed E-state index contributed by atoms with van der Waals surface area (Å²) in [5.74, 6) is 1.51. The van der Waals surface area contributed by atoms with E-state index in [1.54, 1.807) is 7.11 Å². The van der Waals surface area contributed by atoms with Crippen molar-refractivity contribution < 1.29 is 34.2 Å². The molecular weight excluding hydrogens is 324 g/mol. The average molecular weight is 356 g/mol. The van der Waals surface area contributed by atoms with Crippen molar-refractivity contribution in [3.63, 3.8) is 0 Å². The zero-order chi connectivity index (χ0) is 17.9. The lowest BCUT2D eigenvalue weighted by Crippen LogP contribution is -3.28. The maximum Gasteiger partial charge on any atom is 0.127 e. The third-order valence-corrected chi connectivity index (χ3v) is 4.50. The van der Waals surface area contributed by atoms with E-state index in [2.05, 4.69) is 0 Å². The normalized spacial score (nSPS) is 21.7. The van der Waals surface area contributed by atoms with E-state index in [0.717, 1.165) is 44.2 Å². The summed E-state index contributed by atoms with van der Waals surface area (Å²) < 4.78 is 16.3. The molecule has 25 heavy (non-hydrogen) atoms. The lowest BCUT2D eigenvalue weighted by molar-refractivity contribution is -1.01. The maximum absolute atomic E-state index is 10.1. The van der Waals surface area contributed by atoms with Gasteiger partial charge in [-0.25, -0.2) is 0 Å². The third-order valence-electron chi connectivity index (χ3n) is 4.50. The molecule has 1 heterocycles. The molecule has 1 aromatic carbocycles. The molecule has 1 aliphatic heterocycles. The first kappa shape index (κ1) is 19.9. The summed E-state index contributed by atoms with van der Waals surface area (Å²) in [5.41, 5.74) is 0. The Kier molecular flexibility index (Phi) is 8.99.